The molecule has 1 fully saturated rings. The summed E-state index contributed by atoms with van der Waals surface area (Å²) in [7, 11) is -3.16. The summed E-state index contributed by atoms with van der Waals surface area (Å²) in [6.45, 7) is 4.08. The molecule has 0 spiro atoms. The van der Waals surface area contributed by atoms with E-state index in [0.717, 1.165) is 5.75 Å². The van der Waals surface area contributed by atoms with Gasteiger partial charge >= 0.3 is 0 Å². The molecular weight excluding hydrogens is 298 g/mol. The maximum atomic E-state index is 12.2. The number of sulfone groups is 1. The molecule has 1 aliphatic heterocycles. The van der Waals surface area contributed by atoms with E-state index in [1.54, 1.807) is 31.7 Å². The smallest absolute Gasteiger partial charge is 0.171 e. The third kappa shape index (κ3) is 3.15. The van der Waals surface area contributed by atoms with Crippen molar-refractivity contribution in [2.24, 2.45) is 5.84 Å². The van der Waals surface area contributed by atoms with E-state index < -0.39 is 15.2 Å². The van der Waals surface area contributed by atoms with Crippen molar-refractivity contribution in [3.8, 4) is 0 Å². The molecule has 1 aliphatic rings. The van der Waals surface area contributed by atoms with Gasteiger partial charge in [-0.3, -0.25) is 0 Å². The predicted octanol–water partition coefficient (Wildman–Crippen LogP) is 0.385. The zero-order valence-corrected chi connectivity index (χ0v) is 13.2. The lowest BCUT2D eigenvalue weighted by molar-refractivity contribution is 0.578. The maximum absolute atomic E-state index is 12.2. The summed E-state index contributed by atoms with van der Waals surface area (Å²) < 4.78 is 24.5. The van der Waals surface area contributed by atoms with Crippen LogP contribution in [0.15, 0.2) is 6.07 Å². The first-order chi connectivity index (χ1) is 9.47. The van der Waals surface area contributed by atoms with Crippen molar-refractivity contribution >= 4 is 33.2 Å². The van der Waals surface area contributed by atoms with Gasteiger partial charge in [0.2, 0.25) is 0 Å². The molecule has 0 bridgehead atoms. The van der Waals surface area contributed by atoms with Gasteiger partial charge in [0.25, 0.3) is 0 Å². The second-order valence-electron chi connectivity index (χ2n) is 4.48. The van der Waals surface area contributed by atoms with Gasteiger partial charge in [0, 0.05) is 29.9 Å². The third-order valence-corrected chi connectivity index (χ3v) is 6.46. The molecule has 9 heteroatoms. The van der Waals surface area contributed by atoms with Crippen LogP contribution in [0.25, 0.3) is 0 Å². The fraction of sp³-hybridized carbons (Fsp3) is 0.636. The highest BCUT2D eigenvalue weighted by atomic mass is 32.2. The predicted molar refractivity (Wildman–Crippen MR) is 82.5 cm³/mol. The van der Waals surface area contributed by atoms with Crippen LogP contribution in [0.2, 0.25) is 0 Å². The minimum absolute atomic E-state index is 0.126. The molecule has 2 rings (SSSR count). The number of aromatic nitrogens is 2. The summed E-state index contributed by atoms with van der Waals surface area (Å²) in [5, 5.41) is -0.536. The Morgan fingerprint density at radius 1 is 1.55 bits per heavy atom. The first-order valence-electron chi connectivity index (χ1n) is 6.36. The lowest BCUT2D eigenvalue weighted by atomic mass is 10.4. The number of thioether (sulfide) groups is 1. The van der Waals surface area contributed by atoms with Gasteiger partial charge in [-0.2, -0.15) is 11.8 Å². The number of hydrogen-bond acceptors (Lipinski definition) is 8. The largest absolute Gasteiger partial charge is 0.338 e. The van der Waals surface area contributed by atoms with Crippen molar-refractivity contribution in [1.82, 2.24) is 9.97 Å². The molecule has 0 aliphatic carbocycles. The lowest BCUT2D eigenvalue weighted by Gasteiger charge is -2.35. The van der Waals surface area contributed by atoms with E-state index >= 15 is 0 Å². The Kier molecular flexibility index (Phi) is 4.71. The first kappa shape index (κ1) is 15.3. The molecule has 1 unspecified atom stereocenters. The number of anilines is 2. The average Bonchev–Trinajstić information content (AvgIpc) is 2.46. The lowest BCUT2D eigenvalue weighted by Crippen LogP contribution is -2.48. The van der Waals surface area contributed by atoms with Gasteiger partial charge in [-0.25, -0.2) is 24.2 Å². The molecule has 0 radical (unpaired) electrons. The molecule has 1 aromatic heterocycles. The zero-order valence-electron chi connectivity index (χ0n) is 11.5. The van der Waals surface area contributed by atoms with E-state index in [-0.39, 0.29) is 5.75 Å². The van der Waals surface area contributed by atoms with Crippen molar-refractivity contribution < 1.29 is 8.42 Å². The van der Waals surface area contributed by atoms with Crippen LogP contribution >= 0.6 is 11.8 Å². The van der Waals surface area contributed by atoms with Gasteiger partial charge in [-0.15, -0.1) is 0 Å². The molecule has 0 aromatic carbocycles. The number of nitrogens with two attached hydrogens (primary N) is 1. The minimum Gasteiger partial charge on any atom is -0.338 e. The van der Waals surface area contributed by atoms with Crippen molar-refractivity contribution in [2.45, 2.75) is 19.2 Å². The van der Waals surface area contributed by atoms with Gasteiger partial charge in [0.15, 0.2) is 9.84 Å². The minimum atomic E-state index is -3.16. The Morgan fingerprint density at radius 3 is 2.95 bits per heavy atom. The van der Waals surface area contributed by atoms with Crippen LogP contribution < -0.4 is 16.2 Å². The first-order valence-corrected chi connectivity index (χ1v) is 9.23. The molecular formula is C11H19N5O2S2. The second kappa shape index (κ2) is 6.15. The Bertz CT molecular complexity index is 578. The number of hydrogen-bond donors (Lipinski definition) is 2. The van der Waals surface area contributed by atoms with Gasteiger partial charge in [-0.05, 0) is 6.92 Å². The van der Waals surface area contributed by atoms with E-state index in [1.807, 2.05) is 4.90 Å². The molecule has 112 valence electrons. The van der Waals surface area contributed by atoms with Gasteiger partial charge in [-0.1, -0.05) is 6.92 Å². The summed E-state index contributed by atoms with van der Waals surface area (Å²) in [5.74, 6) is 8.59. The van der Waals surface area contributed by atoms with Crippen LogP contribution in [0.3, 0.4) is 0 Å². The SMILES string of the molecule is CCS(=O)(=O)C1CSCCN1c1cc(NN)nc(C)n1. The van der Waals surface area contributed by atoms with Crippen molar-refractivity contribution in [1.29, 1.82) is 0 Å². The molecule has 0 saturated carbocycles. The zero-order chi connectivity index (χ0) is 14.8. The van der Waals surface area contributed by atoms with Crippen LogP contribution in [0, 0.1) is 6.92 Å². The highest BCUT2D eigenvalue weighted by Gasteiger charge is 2.33. The Morgan fingerprint density at radius 2 is 2.30 bits per heavy atom. The van der Waals surface area contributed by atoms with Crippen LogP contribution in [-0.2, 0) is 9.84 Å². The van der Waals surface area contributed by atoms with E-state index in [9.17, 15) is 8.42 Å². The van der Waals surface area contributed by atoms with Crippen LogP contribution in [-0.4, -0.2) is 47.6 Å². The van der Waals surface area contributed by atoms with E-state index in [0.29, 0.717) is 29.8 Å². The average molecular weight is 317 g/mol. The normalized spacial score (nSPS) is 19.9. The van der Waals surface area contributed by atoms with Crippen LogP contribution in [0.1, 0.15) is 12.7 Å². The molecule has 20 heavy (non-hydrogen) atoms. The fourth-order valence-electron chi connectivity index (χ4n) is 2.11. The second-order valence-corrected chi connectivity index (χ2v) is 8.07. The fourth-order valence-corrected chi connectivity index (χ4v) is 5.08. The Labute approximate surface area is 123 Å². The van der Waals surface area contributed by atoms with Gasteiger partial charge < -0.3 is 10.3 Å². The van der Waals surface area contributed by atoms with Crippen molar-refractivity contribution in [3.63, 3.8) is 0 Å². The number of nitrogens with one attached hydrogen (secondary N) is 1. The molecule has 1 atom stereocenters. The molecule has 1 aromatic rings. The van der Waals surface area contributed by atoms with Crippen molar-refractivity contribution in [3.05, 3.63) is 11.9 Å². The molecule has 1 saturated heterocycles. The van der Waals surface area contributed by atoms with Crippen LogP contribution in [0.5, 0.6) is 0 Å². The summed E-state index contributed by atoms with van der Waals surface area (Å²) >= 11 is 1.65. The number of aryl methyl sites for hydroxylation is 1. The molecule has 7 nitrogen and oxygen atoms in total. The monoisotopic (exact) mass is 317 g/mol. The Balaban J connectivity index is 2.40. The number of rotatable bonds is 4. The summed E-state index contributed by atoms with van der Waals surface area (Å²) in [5.41, 5.74) is 2.48. The maximum Gasteiger partial charge on any atom is 0.171 e. The molecule has 3 N–H and O–H groups in total. The number of nitrogens with zero attached hydrogens (tertiary/aromatic N) is 3. The number of hydrazine groups is 1. The quantitative estimate of drug-likeness (QED) is 0.607. The topological polar surface area (TPSA) is 101 Å². The standard InChI is InChI=1S/C11H19N5O2S2/c1-3-20(17,18)11-7-19-5-4-16(11)10-6-9(15-12)13-8(2)14-10/h6,11H,3-5,7,12H2,1-2H3,(H,13,14,15). The van der Waals surface area contributed by atoms with Crippen LogP contribution in [0.4, 0.5) is 11.6 Å². The Hall–Kier alpha value is -1.06. The third-order valence-electron chi connectivity index (χ3n) is 3.17. The molecule has 0 amide bonds. The summed E-state index contributed by atoms with van der Waals surface area (Å²) in [6.07, 6.45) is 0. The van der Waals surface area contributed by atoms with E-state index in [1.165, 1.54) is 0 Å². The number of nitrogen functional groups attached to an aromatic ring is 1. The highest BCUT2D eigenvalue weighted by Crippen LogP contribution is 2.27. The van der Waals surface area contributed by atoms with Gasteiger partial charge in [0.05, 0.1) is 0 Å². The summed E-state index contributed by atoms with van der Waals surface area (Å²) in [6, 6.07) is 1.68. The molecule has 2 heterocycles. The van der Waals surface area contributed by atoms with E-state index in [2.05, 4.69) is 15.4 Å². The summed E-state index contributed by atoms with van der Waals surface area (Å²) in [4.78, 5) is 10.3. The van der Waals surface area contributed by atoms with E-state index in [4.69, 9.17) is 5.84 Å². The van der Waals surface area contributed by atoms with Gasteiger partial charge in [0.1, 0.15) is 22.8 Å². The highest BCUT2D eigenvalue weighted by molar-refractivity contribution is 8.01. The van der Waals surface area contributed by atoms with Crippen molar-refractivity contribution in [2.75, 3.05) is 34.1 Å².